The second-order valence-electron chi connectivity index (χ2n) is 1.86. The Bertz CT molecular complexity index is 90.3. The molecule has 0 saturated heterocycles. The van der Waals surface area contributed by atoms with Gasteiger partial charge < -0.3 is 9.84 Å². The molecule has 0 radical (unpaired) electrons. The van der Waals surface area contributed by atoms with Gasteiger partial charge in [0.2, 0.25) is 0 Å². The second kappa shape index (κ2) is 4.32. The summed E-state index contributed by atoms with van der Waals surface area (Å²) in [4.78, 5) is 10.0. The number of hydrogen-bond donors (Lipinski definition) is 1. The summed E-state index contributed by atoms with van der Waals surface area (Å²) < 4.78 is 4.97. The minimum atomic E-state index is -0.809. The number of ether oxygens (including phenoxy) is 1. The molecule has 3 nitrogen and oxygen atoms in total. The predicted molar refractivity (Wildman–Crippen MR) is 33.3 cm³/mol. The van der Waals surface area contributed by atoms with E-state index in [1.807, 2.05) is 6.92 Å². The van der Waals surface area contributed by atoms with Crippen LogP contribution >= 0.6 is 0 Å². The van der Waals surface area contributed by atoms with Crippen LogP contribution in [0.1, 0.15) is 20.3 Å². The molecule has 0 aliphatic heterocycles. The van der Waals surface area contributed by atoms with Crippen molar-refractivity contribution >= 4 is 5.97 Å². The third-order valence-electron chi connectivity index (χ3n) is 0.913. The molecule has 0 aromatic rings. The van der Waals surface area contributed by atoms with Crippen LogP contribution in [0.15, 0.2) is 0 Å². The highest BCUT2D eigenvalue weighted by Gasteiger charge is 2.05. The smallest absolute Gasteiger partial charge is 0.305 e. The highest BCUT2D eigenvalue weighted by molar-refractivity contribution is 5.67. The monoisotopic (exact) mass is 132 g/mol. The van der Waals surface area contributed by atoms with E-state index < -0.39 is 5.97 Å². The summed E-state index contributed by atoms with van der Waals surface area (Å²) in [7, 11) is 0. The van der Waals surface area contributed by atoms with E-state index in [9.17, 15) is 4.79 Å². The van der Waals surface area contributed by atoms with Crippen LogP contribution in [0.4, 0.5) is 0 Å². The van der Waals surface area contributed by atoms with Crippen molar-refractivity contribution in [3.63, 3.8) is 0 Å². The summed E-state index contributed by atoms with van der Waals surface area (Å²) in [6, 6.07) is 0. The summed E-state index contributed by atoms with van der Waals surface area (Å²) in [5.41, 5.74) is 0. The Labute approximate surface area is 54.6 Å². The summed E-state index contributed by atoms with van der Waals surface area (Å²) in [5, 5.41) is 8.23. The Morgan fingerprint density at radius 2 is 2.33 bits per heavy atom. The summed E-state index contributed by atoms with van der Waals surface area (Å²) in [6.45, 7) is 4.17. The fraction of sp³-hybridized carbons (Fsp3) is 0.833. The zero-order chi connectivity index (χ0) is 7.28. The normalized spacial score (nSPS) is 13.1. The highest BCUT2D eigenvalue weighted by Crippen LogP contribution is 1.95. The van der Waals surface area contributed by atoms with Crippen LogP contribution in [0.25, 0.3) is 0 Å². The van der Waals surface area contributed by atoms with Gasteiger partial charge in [-0.2, -0.15) is 0 Å². The Balaban J connectivity index is 3.26. The van der Waals surface area contributed by atoms with Gasteiger partial charge >= 0.3 is 5.97 Å². The van der Waals surface area contributed by atoms with E-state index in [0.717, 1.165) is 0 Å². The minimum absolute atomic E-state index is 0.0911. The van der Waals surface area contributed by atoms with Gasteiger partial charge in [0.1, 0.15) is 0 Å². The Morgan fingerprint density at radius 3 is 2.67 bits per heavy atom. The lowest BCUT2D eigenvalue weighted by atomic mass is 10.3. The lowest BCUT2D eigenvalue weighted by molar-refractivity contribution is -0.139. The molecule has 0 fully saturated rings. The number of carboxylic acids is 1. The highest BCUT2D eigenvalue weighted by atomic mass is 16.5. The van der Waals surface area contributed by atoms with Crippen molar-refractivity contribution in [3.8, 4) is 0 Å². The third-order valence-corrected chi connectivity index (χ3v) is 0.913. The molecule has 0 bridgehead atoms. The molecule has 0 aliphatic rings. The van der Waals surface area contributed by atoms with Crippen LogP contribution in [0, 0.1) is 0 Å². The van der Waals surface area contributed by atoms with Crippen LogP contribution in [0.3, 0.4) is 0 Å². The first kappa shape index (κ1) is 8.43. The van der Waals surface area contributed by atoms with Gasteiger partial charge in [-0.15, -0.1) is 0 Å². The molecule has 3 heteroatoms. The lowest BCUT2D eigenvalue weighted by Crippen LogP contribution is -2.13. The minimum Gasteiger partial charge on any atom is -0.481 e. The van der Waals surface area contributed by atoms with Crippen LogP contribution in [0.2, 0.25) is 0 Å². The zero-order valence-electron chi connectivity index (χ0n) is 5.76. The second-order valence-corrected chi connectivity index (χ2v) is 1.86. The molecule has 0 heterocycles. The molecule has 0 aromatic heterocycles. The number of carboxylic acid groups (broad SMARTS) is 1. The van der Waals surface area contributed by atoms with Gasteiger partial charge in [-0.1, -0.05) is 0 Å². The van der Waals surface area contributed by atoms with E-state index in [2.05, 4.69) is 0 Å². The predicted octanol–water partition coefficient (Wildman–Crippen LogP) is 0.886. The molecule has 54 valence electrons. The molecular formula is C6H12O3. The van der Waals surface area contributed by atoms with Crippen molar-refractivity contribution in [1.29, 1.82) is 0 Å². The molecule has 0 spiro atoms. The fourth-order valence-corrected chi connectivity index (χ4v) is 0.589. The van der Waals surface area contributed by atoms with E-state index >= 15 is 0 Å². The Kier molecular flexibility index (Phi) is 4.05. The molecule has 0 rings (SSSR count). The van der Waals surface area contributed by atoms with Crippen LogP contribution < -0.4 is 0 Å². The molecule has 0 amide bonds. The SMILES string of the molecule is CCO[C@H](C)CC(=O)O. The first-order valence-corrected chi connectivity index (χ1v) is 3.00. The zero-order valence-corrected chi connectivity index (χ0v) is 5.76. The van der Waals surface area contributed by atoms with E-state index in [1.165, 1.54) is 0 Å². The fourth-order valence-electron chi connectivity index (χ4n) is 0.589. The van der Waals surface area contributed by atoms with Crippen molar-refractivity contribution in [1.82, 2.24) is 0 Å². The molecular weight excluding hydrogens is 120 g/mol. The van der Waals surface area contributed by atoms with Crippen molar-refractivity contribution in [3.05, 3.63) is 0 Å². The number of hydrogen-bond acceptors (Lipinski definition) is 2. The molecule has 1 atom stereocenters. The third kappa shape index (κ3) is 5.30. The number of carbonyl (C=O) groups is 1. The van der Waals surface area contributed by atoms with E-state index in [1.54, 1.807) is 6.92 Å². The van der Waals surface area contributed by atoms with Crippen LogP contribution in [0.5, 0.6) is 0 Å². The van der Waals surface area contributed by atoms with Gasteiger partial charge in [-0.05, 0) is 13.8 Å². The maximum Gasteiger partial charge on any atom is 0.305 e. The van der Waals surface area contributed by atoms with E-state index in [4.69, 9.17) is 9.84 Å². The van der Waals surface area contributed by atoms with Gasteiger partial charge in [0.25, 0.3) is 0 Å². The first-order valence-electron chi connectivity index (χ1n) is 3.00. The largest absolute Gasteiger partial charge is 0.481 e. The maximum atomic E-state index is 10.0. The molecule has 1 N–H and O–H groups in total. The molecule has 0 aliphatic carbocycles. The summed E-state index contributed by atoms with van der Waals surface area (Å²) in [6.07, 6.45) is -0.0686. The van der Waals surface area contributed by atoms with Crippen molar-refractivity contribution in [2.45, 2.75) is 26.4 Å². The average molecular weight is 132 g/mol. The van der Waals surface area contributed by atoms with E-state index in [0.29, 0.717) is 6.61 Å². The average Bonchev–Trinajstić information content (AvgIpc) is 1.63. The van der Waals surface area contributed by atoms with Gasteiger partial charge in [-0.25, -0.2) is 0 Å². The van der Waals surface area contributed by atoms with Gasteiger partial charge in [-0.3, -0.25) is 4.79 Å². The van der Waals surface area contributed by atoms with Gasteiger partial charge in [0.15, 0.2) is 0 Å². The summed E-state index contributed by atoms with van der Waals surface area (Å²) >= 11 is 0. The maximum absolute atomic E-state index is 10.0. The lowest BCUT2D eigenvalue weighted by Gasteiger charge is -2.06. The Morgan fingerprint density at radius 1 is 1.78 bits per heavy atom. The molecule has 0 unspecified atom stereocenters. The van der Waals surface area contributed by atoms with Crippen molar-refractivity contribution in [2.75, 3.05) is 6.61 Å². The number of aliphatic carboxylic acids is 1. The molecule has 0 aromatic carbocycles. The van der Waals surface area contributed by atoms with Gasteiger partial charge in [0.05, 0.1) is 12.5 Å². The van der Waals surface area contributed by atoms with Crippen molar-refractivity contribution in [2.24, 2.45) is 0 Å². The number of rotatable bonds is 4. The quantitative estimate of drug-likeness (QED) is 0.617. The topological polar surface area (TPSA) is 46.5 Å². The standard InChI is InChI=1S/C6H12O3/c1-3-9-5(2)4-6(7)8/h5H,3-4H2,1-2H3,(H,7,8)/t5-/m1/s1. The van der Waals surface area contributed by atoms with Crippen LogP contribution in [-0.2, 0) is 9.53 Å². The van der Waals surface area contributed by atoms with Gasteiger partial charge in [0, 0.05) is 6.61 Å². The van der Waals surface area contributed by atoms with Crippen LogP contribution in [-0.4, -0.2) is 23.8 Å². The molecule has 9 heavy (non-hydrogen) atoms. The Hall–Kier alpha value is -0.570. The first-order chi connectivity index (χ1) is 4.16. The summed E-state index contributed by atoms with van der Waals surface area (Å²) in [5.74, 6) is -0.809. The van der Waals surface area contributed by atoms with Crippen molar-refractivity contribution < 1.29 is 14.6 Å². The molecule has 0 saturated carbocycles. The van der Waals surface area contributed by atoms with E-state index in [-0.39, 0.29) is 12.5 Å².